The second-order valence-corrected chi connectivity index (χ2v) is 5.12. The number of pyridine rings is 1. The summed E-state index contributed by atoms with van der Waals surface area (Å²) in [6.07, 6.45) is 4.17. The van der Waals surface area contributed by atoms with E-state index in [4.69, 9.17) is 0 Å². The second-order valence-electron chi connectivity index (χ2n) is 4.20. The maximum atomic E-state index is 10.1. The highest BCUT2D eigenvalue weighted by molar-refractivity contribution is 9.10. The van der Waals surface area contributed by atoms with Crippen molar-refractivity contribution in [2.45, 2.75) is 32.8 Å². The molecule has 0 fully saturated rings. The van der Waals surface area contributed by atoms with E-state index in [1.165, 1.54) is 0 Å². The van der Waals surface area contributed by atoms with Crippen molar-refractivity contribution in [3.05, 3.63) is 28.5 Å². The van der Waals surface area contributed by atoms with Crippen LogP contribution >= 0.6 is 15.9 Å². The Bertz CT molecular complexity index is 310. The van der Waals surface area contributed by atoms with E-state index >= 15 is 0 Å². The molecule has 3 heteroatoms. The lowest BCUT2D eigenvalue weighted by Crippen LogP contribution is -2.33. The molecule has 0 radical (unpaired) electrons. The van der Waals surface area contributed by atoms with Gasteiger partial charge < -0.3 is 5.11 Å². The molecular formula is C11H16BrNO. The van der Waals surface area contributed by atoms with Gasteiger partial charge in [-0.3, -0.25) is 4.98 Å². The monoisotopic (exact) mass is 257 g/mol. The predicted octanol–water partition coefficient (Wildman–Crippen LogP) is 2.79. The summed E-state index contributed by atoms with van der Waals surface area (Å²) in [5.74, 6) is 0.237. The van der Waals surface area contributed by atoms with Gasteiger partial charge in [-0.2, -0.15) is 0 Å². The molecule has 1 N–H and O–H groups in total. The summed E-state index contributed by atoms with van der Waals surface area (Å²) < 4.78 is 0.953. The first-order valence-corrected chi connectivity index (χ1v) is 5.53. The minimum atomic E-state index is -0.664. The van der Waals surface area contributed by atoms with Gasteiger partial charge in [0.05, 0.1) is 5.60 Å². The summed E-state index contributed by atoms with van der Waals surface area (Å²) in [5, 5.41) is 10.1. The Kier molecular flexibility index (Phi) is 3.67. The summed E-state index contributed by atoms with van der Waals surface area (Å²) in [7, 11) is 0. The maximum Gasteiger partial charge on any atom is 0.0683 e. The third-order valence-corrected chi connectivity index (χ3v) is 3.00. The van der Waals surface area contributed by atoms with Gasteiger partial charge in [-0.25, -0.2) is 0 Å². The first-order chi connectivity index (χ1) is 6.42. The van der Waals surface area contributed by atoms with E-state index in [0.717, 1.165) is 10.0 Å². The number of aromatic nitrogens is 1. The molecule has 1 rings (SSSR count). The van der Waals surface area contributed by atoms with E-state index in [0.29, 0.717) is 6.42 Å². The van der Waals surface area contributed by atoms with Crippen molar-refractivity contribution in [2.24, 2.45) is 5.92 Å². The highest BCUT2D eigenvalue weighted by Gasteiger charge is 2.25. The lowest BCUT2D eigenvalue weighted by atomic mass is 9.87. The van der Waals surface area contributed by atoms with Gasteiger partial charge in [0.15, 0.2) is 0 Å². The van der Waals surface area contributed by atoms with Crippen LogP contribution in [0.5, 0.6) is 0 Å². The molecule has 1 aromatic rings. The highest BCUT2D eigenvalue weighted by atomic mass is 79.9. The standard InChI is InChI=1S/C11H16BrNO/c1-8(2)11(3,14)5-9-4-10(12)7-13-6-9/h4,6-8,14H,5H2,1-3H3. The molecule has 1 unspecified atom stereocenters. The van der Waals surface area contributed by atoms with Crippen LogP contribution in [0.4, 0.5) is 0 Å². The lowest BCUT2D eigenvalue weighted by Gasteiger charge is -2.27. The molecular weight excluding hydrogens is 242 g/mol. The quantitative estimate of drug-likeness (QED) is 0.904. The zero-order chi connectivity index (χ0) is 10.8. The zero-order valence-electron chi connectivity index (χ0n) is 8.79. The molecule has 78 valence electrons. The molecule has 1 atom stereocenters. The van der Waals surface area contributed by atoms with Gasteiger partial charge in [0.2, 0.25) is 0 Å². The summed E-state index contributed by atoms with van der Waals surface area (Å²) in [5.41, 5.74) is 0.390. The molecule has 1 aromatic heterocycles. The van der Waals surface area contributed by atoms with Crippen molar-refractivity contribution >= 4 is 15.9 Å². The maximum absolute atomic E-state index is 10.1. The Morgan fingerprint density at radius 2 is 2.14 bits per heavy atom. The van der Waals surface area contributed by atoms with Crippen molar-refractivity contribution in [3.8, 4) is 0 Å². The lowest BCUT2D eigenvalue weighted by molar-refractivity contribution is 0.0139. The number of hydrogen-bond acceptors (Lipinski definition) is 2. The Morgan fingerprint density at radius 1 is 1.50 bits per heavy atom. The molecule has 1 heterocycles. The average Bonchev–Trinajstić information content (AvgIpc) is 2.02. The third-order valence-electron chi connectivity index (χ3n) is 2.57. The normalized spacial score (nSPS) is 15.6. The van der Waals surface area contributed by atoms with Crippen LogP contribution in [0.25, 0.3) is 0 Å². The van der Waals surface area contributed by atoms with Gasteiger partial charge >= 0.3 is 0 Å². The van der Waals surface area contributed by atoms with E-state index in [2.05, 4.69) is 20.9 Å². The van der Waals surface area contributed by atoms with Gasteiger partial charge in [-0.1, -0.05) is 13.8 Å². The van der Waals surface area contributed by atoms with Crippen LogP contribution in [0.3, 0.4) is 0 Å². The van der Waals surface area contributed by atoms with E-state index in [9.17, 15) is 5.11 Å². The summed E-state index contributed by atoms with van der Waals surface area (Å²) >= 11 is 3.36. The minimum absolute atomic E-state index is 0.237. The molecule has 0 saturated heterocycles. The van der Waals surface area contributed by atoms with E-state index in [1.807, 2.05) is 26.8 Å². The number of halogens is 1. The van der Waals surface area contributed by atoms with Crippen molar-refractivity contribution in [1.29, 1.82) is 0 Å². The van der Waals surface area contributed by atoms with Crippen LogP contribution in [0.1, 0.15) is 26.3 Å². The van der Waals surface area contributed by atoms with Crippen LogP contribution in [0, 0.1) is 5.92 Å². The van der Waals surface area contributed by atoms with Crippen molar-refractivity contribution < 1.29 is 5.11 Å². The predicted molar refractivity (Wildman–Crippen MR) is 61.1 cm³/mol. The molecule has 0 aliphatic carbocycles. The van der Waals surface area contributed by atoms with Crippen molar-refractivity contribution in [1.82, 2.24) is 4.98 Å². The molecule has 0 spiro atoms. The molecule has 0 bridgehead atoms. The van der Waals surface area contributed by atoms with Crippen LogP contribution in [-0.2, 0) is 6.42 Å². The Balaban J connectivity index is 2.78. The van der Waals surface area contributed by atoms with E-state index < -0.39 is 5.60 Å². The minimum Gasteiger partial charge on any atom is -0.390 e. The fourth-order valence-corrected chi connectivity index (χ4v) is 1.58. The van der Waals surface area contributed by atoms with Crippen LogP contribution in [-0.4, -0.2) is 15.7 Å². The van der Waals surface area contributed by atoms with Crippen LogP contribution < -0.4 is 0 Å². The smallest absolute Gasteiger partial charge is 0.0683 e. The van der Waals surface area contributed by atoms with Gasteiger partial charge in [-0.15, -0.1) is 0 Å². The largest absolute Gasteiger partial charge is 0.390 e. The fraction of sp³-hybridized carbons (Fsp3) is 0.545. The Labute approximate surface area is 93.5 Å². The van der Waals surface area contributed by atoms with E-state index in [-0.39, 0.29) is 5.92 Å². The summed E-state index contributed by atoms with van der Waals surface area (Å²) in [6, 6.07) is 1.99. The van der Waals surface area contributed by atoms with Gasteiger partial charge in [0.1, 0.15) is 0 Å². The molecule has 0 saturated carbocycles. The highest BCUT2D eigenvalue weighted by Crippen LogP contribution is 2.22. The van der Waals surface area contributed by atoms with Crippen LogP contribution in [0.2, 0.25) is 0 Å². The zero-order valence-corrected chi connectivity index (χ0v) is 10.4. The van der Waals surface area contributed by atoms with Crippen LogP contribution in [0.15, 0.2) is 22.9 Å². The molecule has 0 aliphatic rings. The van der Waals surface area contributed by atoms with Crippen molar-refractivity contribution in [3.63, 3.8) is 0 Å². The first kappa shape index (κ1) is 11.7. The SMILES string of the molecule is CC(C)C(C)(O)Cc1cncc(Br)c1. The van der Waals surface area contributed by atoms with Gasteiger partial charge in [0.25, 0.3) is 0 Å². The number of hydrogen-bond donors (Lipinski definition) is 1. The third kappa shape index (κ3) is 3.07. The molecule has 0 aromatic carbocycles. The number of aliphatic hydroxyl groups is 1. The number of rotatable bonds is 3. The Morgan fingerprint density at radius 3 is 2.64 bits per heavy atom. The molecule has 14 heavy (non-hydrogen) atoms. The Hall–Kier alpha value is -0.410. The van der Waals surface area contributed by atoms with Gasteiger partial charge in [-0.05, 0) is 40.4 Å². The summed E-state index contributed by atoms with van der Waals surface area (Å²) in [6.45, 7) is 5.90. The fourth-order valence-electron chi connectivity index (χ4n) is 1.17. The summed E-state index contributed by atoms with van der Waals surface area (Å²) in [4.78, 5) is 4.07. The van der Waals surface area contributed by atoms with Gasteiger partial charge in [0, 0.05) is 23.3 Å². The molecule has 0 amide bonds. The molecule has 2 nitrogen and oxygen atoms in total. The van der Waals surface area contributed by atoms with Crippen molar-refractivity contribution in [2.75, 3.05) is 0 Å². The number of nitrogens with zero attached hydrogens (tertiary/aromatic N) is 1. The average molecular weight is 258 g/mol. The topological polar surface area (TPSA) is 33.1 Å². The first-order valence-electron chi connectivity index (χ1n) is 4.73. The van der Waals surface area contributed by atoms with E-state index in [1.54, 1.807) is 12.4 Å². The second kappa shape index (κ2) is 4.41. The molecule has 0 aliphatic heterocycles.